The van der Waals surface area contributed by atoms with Gasteiger partial charge in [-0.1, -0.05) is 30.3 Å². The molecule has 3 aromatic rings. The molecule has 2 aliphatic rings. The van der Waals surface area contributed by atoms with Crippen LogP contribution in [0.4, 0.5) is 24.0 Å². The molecule has 5 rings (SSSR count). The van der Waals surface area contributed by atoms with Crippen molar-refractivity contribution in [3.05, 3.63) is 63.7 Å². The summed E-state index contributed by atoms with van der Waals surface area (Å²) in [5, 5.41) is 19.8. The number of hydrogen-bond acceptors (Lipinski definition) is 5. The normalized spacial score (nSPS) is 19.7. The van der Waals surface area contributed by atoms with Crippen molar-refractivity contribution in [1.82, 2.24) is 9.78 Å². The maximum Gasteiger partial charge on any atom is 0.410 e. The van der Waals surface area contributed by atoms with E-state index >= 15 is 0 Å². The van der Waals surface area contributed by atoms with Crippen molar-refractivity contribution >= 4 is 28.1 Å². The number of carbonyl (C=O) groups is 1. The molecule has 0 fully saturated rings. The molecule has 0 saturated heterocycles. The average molecular weight is 472 g/mol. The van der Waals surface area contributed by atoms with E-state index in [1.54, 1.807) is 30.3 Å². The molecule has 2 N–H and O–H groups in total. The fourth-order valence-electron chi connectivity index (χ4n) is 4.53. The van der Waals surface area contributed by atoms with Gasteiger partial charge in [-0.25, -0.2) is 4.68 Å². The summed E-state index contributed by atoms with van der Waals surface area (Å²) >= 11 is 1.36. The SMILES string of the molecule is N#Cc1c(NC(=O)c2cc3n(n2)[C@@H](C(F)(F)F)C[C@H](c2ccccc2)N3)sc2c1CCCC2. The number of carbonyl (C=O) groups excluding carboxylic acids is 1. The minimum absolute atomic E-state index is 0.129. The van der Waals surface area contributed by atoms with Gasteiger partial charge in [-0.3, -0.25) is 4.79 Å². The lowest BCUT2D eigenvalue weighted by Crippen LogP contribution is -2.35. The molecule has 3 heterocycles. The number of benzene rings is 1. The summed E-state index contributed by atoms with van der Waals surface area (Å²) in [5.41, 5.74) is 2.02. The highest BCUT2D eigenvalue weighted by molar-refractivity contribution is 7.16. The molecule has 10 heteroatoms. The fraction of sp³-hybridized carbons (Fsp3) is 0.348. The fourth-order valence-corrected chi connectivity index (χ4v) is 5.76. The van der Waals surface area contributed by atoms with Crippen molar-refractivity contribution in [1.29, 1.82) is 5.26 Å². The molecule has 1 aliphatic heterocycles. The highest BCUT2D eigenvalue weighted by Crippen LogP contribution is 2.44. The van der Waals surface area contributed by atoms with Crippen LogP contribution in [0.5, 0.6) is 0 Å². The Morgan fingerprint density at radius 2 is 2.00 bits per heavy atom. The first-order valence-electron chi connectivity index (χ1n) is 10.7. The summed E-state index contributed by atoms with van der Waals surface area (Å²) in [6.07, 6.45) is -1.08. The van der Waals surface area contributed by atoms with Gasteiger partial charge in [-0.2, -0.15) is 23.5 Å². The second kappa shape index (κ2) is 8.23. The van der Waals surface area contributed by atoms with Gasteiger partial charge in [0.2, 0.25) is 0 Å². The molecule has 170 valence electrons. The number of fused-ring (bicyclic) bond motifs is 2. The quantitative estimate of drug-likeness (QED) is 0.520. The van der Waals surface area contributed by atoms with Gasteiger partial charge in [0.25, 0.3) is 5.91 Å². The third-order valence-corrected chi connectivity index (χ3v) is 7.34. The molecule has 0 bridgehead atoms. The largest absolute Gasteiger partial charge is 0.410 e. The first kappa shape index (κ1) is 21.5. The lowest BCUT2D eigenvalue weighted by Gasteiger charge is -2.33. The zero-order chi connectivity index (χ0) is 23.2. The topological polar surface area (TPSA) is 82.7 Å². The van der Waals surface area contributed by atoms with Gasteiger partial charge >= 0.3 is 6.18 Å². The number of thiophene rings is 1. The molecule has 1 aliphatic carbocycles. The summed E-state index contributed by atoms with van der Waals surface area (Å²) in [4.78, 5) is 14.0. The number of anilines is 2. The number of amides is 1. The van der Waals surface area contributed by atoms with Crippen LogP contribution in [0, 0.1) is 11.3 Å². The summed E-state index contributed by atoms with van der Waals surface area (Å²) in [5.74, 6) is -0.500. The van der Waals surface area contributed by atoms with Crippen LogP contribution in [0.3, 0.4) is 0 Å². The Bertz CT molecular complexity index is 1240. The Morgan fingerprint density at radius 1 is 1.24 bits per heavy atom. The second-order valence-electron chi connectivity index (χ2n) is 8.24. The lowest BCUT2D eigenvalue weighted by atomic mass is 9.96. The zero-order valence-electron chi connectivity index (χ0n) is 17.4. The van der Waals surface area contributed by atoms with E-state index in [-0.39, 0.29) is 17.9 Å². The maximum absolute atomic E-state index is 13.9. The van der Waals surface area contributed by atoms with Crippen molar-refractivity contribution in [2.45, 2.75) is 50.4 Å². The standard InChI is InChI=1S/C23H20F3N5OS/c24-23(25,26)19-10-16(13-6-2-1-3-7-13)28-20-11-17(30-31(19)20)21(32)29-22-15(12-27)14-8-4-5-9-18(14)33-22/h1-3,6-7,11,16,19,28H,4-5,8-10H2,(H,29,32)/t16-,19-/m1/s1. The van der Waals surface area contributed by atoms with Gasteiger partial charge in [0.15, 0.2) is 11.7 Å². The molecular formula is C23H20F3N5OS. The van der Waals surface area contributed by atoms with Crippen LogP contribution in [0.1, 0.15) is 63.4 Å². The second-order valence-corrected chi connectivity index (χ2v) is 9.35. The highest BCUT2D eigenvalue weighted by atomic mass is 32.1. The van der Waals surface area contributed by atoms with Gasteiger partial charge in [0, 0.05) is 17.4 Å². The third kappa shape index (κ3) is 3.97. The van der Waals surface area contributed by atoms with E-state index in [9.17, 15) is 23.2 Å². The minimum Gasteiger partial charge on any atom is -0.363 e. The number of halogens is 3. The van der Waals surface area contributed by atoms with Gasteiger partial charge in [-0.15, -0.1) is 11.3 Å². The van der Waals surface area contributed by atoms with E-state index in [1.165, 1.54) is 17.4 Å². The van der Waals surface area contributed by atoms with Gasteiger partial charge in [0.05, 0.1) is 11.6 Å². The number of nitrogens with one attached hydrogen (secondary N) is 2. The molecule has 0 saturated carbocycles. The lowest BCUT2D eigenvalue weighted by molar-refractivity contribution is -0.173. The van der Waals surface area contributed by atoms with Crippen molar-refractivity contribution in [2.24, 2.45) is 0 Å². The molecule has 0 spiro atoms. The zero-order valence-corrected chi connectivity index (χ0v) is 18.3. The molecule has 1 aromatic carbocycles. The van der Waals surface area contributed by atoms with Gasteiger partial charge < -0.3 is 10.6 Å². The Hall–Kier alpha value is -3.32. The number of nitrogens with zero attached hydrogens (tertiary/aromatic N) is 3. The van der Waals surface area contributed by atoms with E-state index in [2.05, 4.69) is 21.8 Å². The van der Waals surface area contributed by atoms with Crippen molar-refractivity contribution < 1.29 is 18.0 Å². The number of alkyl halides is 3. The summed E-state index contributed by atoms with van der Waals surface area (Å²) in [7, 11) is 0. The maximum atomic E-state index is 13.9. The first-order valence-corrected chi connectivity index (χ1v) is 11.5. The monoisotopic (exact) mass is 471 g/mol. The van der Waals surface area contributed by atoms with Crippen LogP contribution in [-0.4, -0.2) is 21.9 Å². The molecule has 2 aromatic heterocycles. The van der Waals surface area contributed by atoms with Crippen LogP contribution >= 0.6 is 11.3 Å². The van der Waals surface area contributed by atoms with Crippen LogP contribution in [-0.2, 0) is 12.8 Å². The molecule has 6 nitrogen and oxygen atoms in total. The molecular weight excluding hydrogens is 451 g/mol. The van der Waals surface area contributed by atoms with Crippen LogP contribution in [0.2, 0.25) is 0 Å². The van der Waals surface area contributed by atoms with Gasteiger partial charge in [-0.05, 0) is 36.8 Å². The minimum atomic E-state index is -4.52. The Morgan fingerprint density at radius 3 is 2.73 bits per heavy atom. The van der Waals surface area contributed by atoms with Crippen LogP contribution in [0.25, 0.3) is 0 Å². The highest BCUT2D eigenvalue weighted by Gasteiger charge is 2.46. The van der Waals surface area contributed by atoms with E-state index in [1.807, 2.05) is 0 Å². The first-order chi connectivity index (χ1) is 15.8. The van der Waals surface area contributed by atoms with Crippen LogP contribution < -0.4 is 10.6 Å². The third-order valence-electron chi connectivity index (χ3n) is 6.13. The van der Waals surface area contributed by atoms with Crippen molar-refractivity contribution in [3.63, 3.8) is 0 Å². The van der Waals surface area contributed by atoms with Crippen molar-refractivity contribution in [2.75, 3.05) is 10.6 Å². The summed E-state index contributed by atoms with van der Waals surface area (Å²) in [6, 6.07) is 9.98. The molecule has 1 amide bonds. The Labute approximate surface area is 192 Å². The van der Waals surface area contributed by atoms with Crippen molar-refractivity contribution in [3.8, 4) is 6.07 Å². The Kier molecular flexibility index (Phi) is 5.37. The summed E-state index contributed by atoms with van der Waals surface area (Å²) < 4.78 is 42.5. The number of nitriles is 1. The molecule has 2 atom stereocenters. The molecule has 33 heavy (non-hydrogen) atoms. The number of rotatable bonds is 3. The number of hydrogen-bond donors (Lipinski definition) is 2. The van der Waals surface area contributed by atoms with E-state index in [0.717, 1.165) is 46.4 Å². The predicted octanol–water partition coefficient (Wildman–Crippen LogP) is 5.61. The molecule has 0 radical (unpaired) electrons. The van der Waals surface area contributed by atoms with E-state index in [0.29, 0.717) is 10.6 Å². The van der Waals surface area contributed by atoms with E-state index < -0.39 is 24.2 Å². The van der Waals surface area contributed by atoms with Crippen LogP contribution in [0.15, 0.2) is 36.4 Å². The Balaban J connectivity index is 1.45. The van der Waals surface area contributed by atoms with E-state index in [4.69, 9.17) is 0 Å². The predicted molar refractivity (Wildman–Crippen MR) is 118 cm³/mol. The number of aryl methyl sites for hydroxylation is 1. The van der Waals surface area contributed by atoms with Gasteiger partial charge in [0.1, 0.15) is 16.9 Å². The molecule has 0 unspecified atom stereocenters. The smallest absolute Gasteiger partial charge is 0.363 e. The average Bonchev–Trinajstić information content (AvgIpc) is 3.39. The number of aromatic nitrogens is 2. The summed E-state index contributed by atoms with van der Waals surface area (Å²) in [6.45, 7) is 0.